The van der Waals surface area contributed by atoms with Crippen molar-refractivity contribution < 1.29 is 48.6 Å². The summed E-state index contributed by atoms with van der Waals surface area (Å²) in [5, 5.41) is 31.1. The minimum Gasteiger partial charge on any atom is -0.480 e. The molecule has 0 unspecified atom stereocenters. The van der Waals surface area contributed by atoms with Gasteiger partial charge in [-0.05, 0) is 57.9 Å². The zero-order valence-electron chi connectivity index (χ0n) is 27.1. The molecule has 47 heavy (non-hydrogen) atoms. The number of carbonyl (C=O) groups excluding carboxylic acids is 7. The Labute approximate surface area is 273 Å². The van der Waals surface area contributed by atoms with E-state index in [-0.39, 0.29) is 51.0 Å². The number of rotatable bonds is 24. The smallest absolute Gasteiger partial charge is 0.326 e. The molecular weight excluding hydrogens is 622 g/mol. The van der Waals surface area contributed by atoms with Crippen LogP contribution >= 0.6 is 0 Å². The van der Waals surface area contributed by atoms with Gasteiger partial charge in [-0.3, -0.25) is 33.6 Å². The Morgan fingerprint density at radius 3 is 1.60 bits per heavy atom. The minimum absolute atomic E-state index is 0.0380. The number of aliphatic hydroxyl groups excluding tert-OH is 1. The summed E-state index contributed by atoms with van der Waals surface area (Å²) in [4.78, 5) is 98.3. The molecule has 0 fully saturated rings. The van der Waals surface area contributed by atoms with Crippen molar-refractivity contribution in [2.24, 2.45) is 28.9 Å². The minimum atomic E-state index is -1.63. The van der Waals surface area contributed by atoms with Gasteiger partial charge in [0.25, 0.3) is 0 Å². The van der Waals surface area contributed by atoms with E-state index in [1.807, 2.05) is 0 Å². The number of aliphatic hydroxyl groups is 1. The highest BCUT2D eigenvalue weighted by Gasteiger charge is 2.32. The van der Waals surface area contributed by atoms with Crippen LogP contribution in [0.2, 0.25) is 0 Å². The first-order valence-corrected chi connectivity index (χ1v) is 15.3. The molecule has 0 bridgehead atoms. The van der Waals surface area contributed by atoms with Crippen LogP contribution in [0.1, 0.15) is 72.1 Å². The Bertz CT molecular complexity index is 1100. The van der Waals surface area contributed by atoms with Crippen molar-refractivity contribution >= 4 is 47.3 Å². The number of hydrogen-bond donors (Lipinski definition) is 11. The maximum Gasteiger partial charge on any atom is 0.326 e. The van der Waals surface area contributed by atoms with Crippen LogP contribution < -0.4 is 49.5 Å². The monoisotopic (exact) mass is 673 g/mol. The molecule has 0 aromatic heterocycles. The molecule has 7 amide bonds. The zero-order chi connectivity index (χ0) is 36.3. The topological polar surface area (TPSA) is 341 Å². The molecule has 0 aromatic carbocycles. The molecule has 0 aliphatic heterocycles. The summed E-state index contributed by atoms with van der Waals surface area (Å²) < 4.78 is 0. The summed E-state index contributed by atoms with van der Waals surface area (Å²) >= 11 is 0. The quantitative estimate of drug-likeness (QED) is 0.0432. The maximum absolute atomic E-state index is 13.1. The third-order valence-corrected chi connectivity index (χ3v) is 6.82. The van der Waals surface area contributed by atoms with Gasteiger partial charge in [-0.2, -0.15) is 0 Å². The number of carboxylic acids is 1. The first-order valence-electron chi connectivity index (χ1n) is 15.3. The van der Waals surface area contributed by atoms with Gasteiger partial charge < -0.3 is 59.7 Å². The summed E-state index contributed by atoms with van der Waals surface area (Å²) in [6.07, 6.45) is 0.100. The second-order valence-corrected chi connectivity index (χ2v) is 11.5. The SMILES string of the molecule is CC(C)C[C@H](NC(=O)[C@H](C)NC(=O)[C@H](CCCCN)NC(=O)[C@H](CO)NC(=O)[C@H](CCC(N)=O)NC(=O)[C@@H](N)CCC(N)=O)C(=O)O. The van der Waals surface area contributed by atoms with Gasteiger partial charge >= 0.3 is 5.97 Å². The molecule has 0 heterocycles. The van der Waals surface area contributed by atoms with Crippen molar-refractivity contribution in [3.05, 3.63) is 0 Å². The second kappa shape index (κ2) is 22.2. The van der Waals surface area contributed by atoms with Crippen LogP contribution in [0.15, 0.2) is 0 Å². The Balaban J connectivity index is 5.69. The van der Waals surface area contributed by atoms with Crippen molar-refractivity contribution in [2.45, 2.75) is 108 Å². The predicted octanol–water partition coefficient (Wildman–Crippen LogP) is -4.46. The third kappa shape index (κ3) is 17.8. The van der Waals surface area contributed by atoms with E-state index < -0.39 is 90.2 Å². The highest BCUT2D eigenvalue weighted by atomic mass is 16.4. The Hall–Kier alpha value is -4.36. The van der Waals surface area contributed by atoms with Crippen molar-refractivity contribution in [1.29, 1.82) is 0 Å². The van der Waals surface area contributed by atoms with Gasteiger partial charge in [0.15, 0.2) is 0 Å². The summed E-state index contributed by atoms with van der Waals surface area (Å²) in [5.74, 6) is -7.17. The first-order chi connectivity index (χ1) is 21.9. The summed E-state index contributed by atoms with van der Waals surface area (Å²) in [6, 6.07) is -7.91. The van der Waals surface area contributed by atoms with Gasteiger partial charge in [0.05, 0.1) is 12.6 Å². The number of primary amides is 2. The molecule has 0 aliphatic rings. The Morgan fingerprint density at radius 2 is 1.09 bits per heavy atom. The number of carboxylic acid groups (broad SMARTS) is 1. The number of nitrogens with one attached hydrogen (secondary N) is 5. The average Bonchev–Trinajstić information content (AvgIpc) is 2.98. The molecule has 0 spiro atoms. The second-order valence-electron chi connectivity index (χ2n) is 11.5. The lowest BCUT2D eigenvalue weighted by Gasteiger charge is -2.26. The summed E-state index contributed by atoms with van der Waals surface area (Å²) in [5.41, 5.74) is 21.5. The molecule has 6 atom stereocenters. The largest absolute Gasteiger partial charge is 0.480 e. The molecule has 0 aromatic rings. The van der Waals surface area contributed by atoms with Crippen LogP contribution in [0.4, 0.5) is 0 Å². The lowest BCUT2D eigenvalue weighted by Crippen LogP contribution is -2.59. The fourth-order valence-electron chi connectivity index (χ4n) is 4.13. The van der Waals surface area contributed by atoms with Crippen LogP contribution in [0.5, 0.6) is 0 Å². The van der Waals surface area contributed by atoms with E-state index in [0.29, 0.717) is 12.8 Å². The van der Waals surface area contributed by atoms with E-state index in [1.165, 1.54) is 6.92 Å². The number of aliphatic carboxylic acids is 1. The van der Waals surface area contributed by atoms with Crippen molar-refractivity contribution in [3.8, 4) is 0 Å². The number of carbonyl (C=O) groups is 8. The zero-order valence-corrected chi connectivity index (χ0v) is 27.1. The Kier molecular flexibility index (Phi) is 20.2. The lowest BCUT2D eigenvalue weighted by atomic mass is 10.0. The normalized spacial score (nSPS) is 14.8. The van der Waals surface area contributed by atoms with Gasteiger partial charge in [0, 0.05) is 12.8 Å². The fraction of sp³-hybridized carbons (Fsp3) is 0.714. The molecule has 0 aliphatic carbocycles. The van der Waals surface area contributed by atoms with Crippen LogP contribution in [-0.2, 0) is 38.4 Å². The fourth-order valence-corrected chi connectivity index (χ4v) is 4.13. The van der Waals surface area contributed by atoms with E-state index in [0.717, 1.165) is 0 Å². The van der Waals surface area contributed by atoms with Gasteiger partial charge in [0.2, 0.25) is 41.4 Å². The molecule has 0 rings (SSSR count). The maximum atomic E-state index is 13.1. The molecule has 0 saturated heterocycles. The number of amides is 7. The van der Waals surface area contributed by atoms with E-state index >= 15 is 0 Å². The van der Waals surface area contributed by atoms with Crippen molar-refractivity contribution in [1.82, 2.24) is 26.6 Å². The molecule has 19 heteroatoms. The predicted molar refractivity (Wildman–Crippen MR) is 167 cm³/mol. The molecule has 0 radical (unpaired) electrons. The molecule has 268 valence electrons. The average molecular weight is 674 g/mol. The van der Waals surface area contributed by atoms with Crippen molar-refractivity contribution in [3.63, 3.8) is 0 Å². The van der Waals surface area contributed by atoms with Crippen molar-refractivity contribution in [2.75, 3.05) is 13.2 Å². The number of unbranched alkanes of at least 4 members (excludes halogenated alkanes) is 1. The van der Waals surface area contributed by atoms with Gasteiger partial charge in [0.1, 0.15) is 30.2 Å². The molecule has 0 saturated carbocycles. The standard InChI is InChI=1S/C28H51N9O10/c1-14(2)12-19(28(46)47)36-23(41)15(3)33-25(43)17(6-4-5-11-29)35-27(45)20(13-38)37-26(44)18(8-10-22(32)40)34-24(42)16(30)7-9-21(31)39/h14-20,38H,4-13,29-30H2,1-3H3,(H2,31,39)(H2,32,40)(H,33,43)(H,34,42)(H,35,45)(H,36,41)(H,37,44)(H,46,47)/t15-,16-,17-,18-,19-,20-/m0/s1. The van der Waals surface area contributed by atoms with Crippen LogP contribution in [0, 0.1) is 5.92 Å². The van der Waals surface area contributed by atoms with E-state index in [1.54, 1.807) is 13.8 Å². The molecule has 19 nitrogen and oxygen atoms in total. The number of hydrogen-bond acceptors (Lipinski definition) is 11. The molecule has 15 N–H and O–H groups in total. The van der Waals surface area contributed by atoms with Gasteiger partial charge in [-0.15, -0.1) is 0 Å². The van der Waals surface area contributed by atoms with E-state index in [4.69, 9.17) is 22.9 Å². The summed E-state index contributed by atoms with van der Waals surface area (Å²) in [7, 11) is 0. The van der Waals surface area contributed by atoms with Gasteiger partial charge in [-0.1, -0.05) is 13.8 Å². The Morgan fingerprint density at radius 1 is 0.617 bits per heavy atom. The van der Waals surface area contributed by atoms with Gasteiger partial charge in [-0.25, -0.2) is 4.79 Å². The van der Waals surface area contributed by atoms with E-state index in [9.17, 15) is 48.6 Å². The lowest BCUT2D eigenvalue weighted by molar-refractivity contribution is -0.142. The summed E-state index contributed by atoms with van der Waals surface area (Å²) in [6.45, 7) is 4.25. The third-order valence-electron chi connectivity index (χ3n) is 6.82. The van der Waals surface area contributed by atoms with Crippen LogP contribution in [0.25, 0.3) is 0 Å². The number of nitrogens with two attached hydrogens (primary N) is 4. The highest BCUT2D eigenvalue weighted by molar-refractivity contribution is 5.96. The van der Waals surface area contributed by atoms with Crippen LogP contribution in [-0.4, -0.2) is 107 Å². The highest BCUT2D eigenvalue weighted by Crippen LogP contribution is 2.07. The molecular formula is C28H51N9O10. The van der Waals surface area contributed by atoms with Crippen LogP contribution in [0.3, 0.4) is 0 Å². The first kappa shape index (κ1) is 42.6. The van der Waals surface area contributed by atoms with E-state index in [2.05, 4.69) is 26.6 Å².